The molecule has 0 radical (unpaired) electrons. The van der Waals surface area contributed by atoms with E-state index in [-0.39, 0.29) is 18.4 Å². The lowest BCUT2D eigenvalue weighted by atomic mass is 10.2. The molecular weight excluding hydrogens is 354 g/mol. The third kappa shape index (κ3) is 3.24. The Balaban J connectivity index is 1.42. The summed E-state index contributed by atoms with van der Waals surface area (Å²) in [5.41, 5.74) is 1.26. The maximum atomic E-state index is 12.3. The van der Waals surface area contributed by atoms with Crippen LogP contribution in [0, 0.1) is 6.92 Å². The molecule has 0 bridgehead atoms. The van der Waals surface area contributed by atoms with Gasteiger partial charge in [0.2, 0.25) is 6.79 Å². The van der Waals surface area contributed by atoms with Crippen molar-refractivity contribution in [1.82, 2.24) is 19.6 Å². The number of anilines is 1. The Morgan fingerprint density at radius 1 is 1.26 bits per heavy atom. The van der Waals surface area contributed by atoms with Gasteiger partial charge in [0.25, 0.3) is 17.5 Å². The van der Waals surface area contributed by atoms with Crippen LogP contribution in [0.3, 0.4) is 0 Å². The molecule has 1 atom stereocenters. The monoisotopic (exact) mass is 369 g/mol. The van der Waals surface area contributed by atoms with Gasteiger partial charge in [0.05, 0.1) is 0 Å². The molecule has 1 aliphatic heterocycles. The summed E-state index contributed by atoms with van der Waals surface area (Å²) in [6.07, 6.45) is 0.513. The highest BCUT2D eigenvalue weighted by molar-refractivity contribution is 5.96. The number of carbonyl (C=O) groups excluding carboxylic acids is 2. The molecule has 1 aromatic carbocycles. The number of amides is 1. The number of carbonyl (C=O) groups is 2. The maximum Gasteiger partial charge on any atom is 0.379 e. The standard InChI is InChI=1S/C17H15N5O5/c1-9-5-6-18-17-20-14(21-22(9)17)16(24)27-10(2)15(23)19-11-3-4-12-13(7-11)26-8-25-12/h3-7,10H,8H2,1-2H3,(H,19,23)/t10-/m0/s1. The molecule has 0 fully saturated rings. The molecule has 27 heavy (non-hydrogen) atoms. The van der Waals surface area contributed by atoms with Gasteiger partial charge in [0, 0.05) is 23.6 Å². The Kier molecular flexibility index (Phi) is 4.07. The van der Waals surface area contributed by atoms with Crippen molar-refractivity contribution in [2.75, 3.05) is 12.1 Å². The third-order valence-electron chi connectivity index (χ3n) is 3.91. The van der Waals surface area contributed by atoms with E-state index in [0.717, 1.165) is 5.69 Å². The molecule has 1 N–H and O–H groups in total. The average molecular weight is 369 g/mol. The van der Waals surface area contributed by atoms with Crippen molar-refractivity contribution in [3.63, 3.8) is 0 Å². The molecule has 0 aliphatic carbocycles. The summed E-state index contributed by atoms with van der Waals surface area (Å²) < 4.78 is 17.1. The highest BCUT2D eigenvalue weighted by Crippen LogP contribution is 2.34. The van der Waals surface area contributed by atoms with E-state index in [1.54, 1.807) is 37.4 Å². The van der Waals surface area contributed by atoms with E-state index in [0.29, 0.717) is 17.2 Å². The van der Waals surface area contributed by atoms with Crippen LogP contribution in [0.2, 0.25) is 0 Å². The van der Waals surface area contributed by atoms with E-state index in [1.165, 1.54) is 11.4 Å². The molecule has 1 amide bonds. The number of benzene rings is 1. The first-order chi connectivity index (χ1) is 13.0. The number of hydrogen-bond donors (Lipinski definition) is 1. The highest BCUT2D eigenvalue weighted by Gasteiger charge is 2.23. The SMILES string of the molecule is Cc1ccnc2nc(C(=O)O[C@@H](C)C(=O)Nc3ccc4c(c3)OCO4)nn12. The van der Waals surface area contributed by atoms with Crippen molar-refractivity contribution in [1.29, 1.82) is 0 Å². The molecule has 0 saturated carbocycles. The molecule has 4 rings (SSSR count). The second-order valence-corrected chi connectivity index (χ2v) is 5.84. The quantitative estimate of drug-likeness (QED) is 0.685. The Morgan fingerprint density at radius 2 is 2.07 bits per heavy atom. The number of nitrogens with zero attached hydrogens (tertiary/aromatic N) is 4. The minimum Gasteiger partial charge on any atom is -0.454 e. The maximum absolute atomic E-state index is 12.3. The van der Waals surface area contributed by atoms with Crippen LogP contribution in [0.4, 0.5) is 5.69 Å². The second-order valence-electron chi connectivity index (χ2n) is 5.84. The fraction of sp³-hybridized carbons (Fsp3) is 0.235. The predicted molar refractivity (Wildman–Crippen MR) is 91.6 cm³/mol. The minimum atomic E-state index is -1.05. The predicted octanol–water partition coefficient (Wildman–Crippen LogP) is 1.35. The number of esters is 1. The van der Waals surface area contributed by atoms with Gasteiger partial charge in [0.15, 0.2) is 17.6 Å². The van der Waals surface area contributed by atoms with Crippen LogP contribution in [0.1, 0.15) is 23.2 Å². The summed E-state index contributed by atoms with van der Waals surface area (Å²) in [6, 6.07) is 6.72. The van der Waals surface area contributed by atoms with E-state index in [2.05, 4.69) is 20.4 Å². The molecule has 2 aromatic heterocycles. The van der Waals surface area contributed by atoms with E-state index >= 15 is 0 Å². The Labute approximate surface area is 153 Å². The van der Waals surface area contributed by atoms with Crippen LogP contribution < -0.4 is 14.8 Å². The fourth-order valence-corrected chi connectivity index (χ4v) is 2.48. The summed E-state index contributed by atoms with van der Waals surface area (Å²) >= 11 is 0. The van der Waals surface area contributed by atoms with Gasteiger partial charge < -0.3 is 19.5 Å². The minimum absolute atomic E-state index is 0.140. The average Bonchev–Trinajstić information content (AvgIpc) is 3.28. The molecule has 1 aliphatic rings. The number of aromatic nitrogens is 4. The first kappa shape index (κ1) is 16.8. The molecule has 3 aromatic rings. The molecule has 10 heteroatoms. The van der Waals surface area contributed by atoms with Crippen molar-refractivity contribution < 1.29 is 23.8 Å². The lowest BCUT2D eigenvalue weighted by molar-refractivity contribution is -0.123. The summed E-state index contributed by atoms with van der Waals surface area (Å²) in [4.78, 5) is 32.6. The normalized spacial score (nSPS) is 13.4. The van der Waals surface area contributed by atoms with Crippen molar-refractivity contribution >= 4 is 23.3 Å². The largest absolute Gasteiger partial charge is 0.454 e. The van der Waals surface area contributed by atoms with Gasteiger partial charge in [-0.25, -0.2) is 14.3 Å². The van der Waals surface area contributed by atoms with E-state index in [9.17, 15) is 9.59 Å². The molecule has 3 heterocycles. The summed E-state index contributed by atoms with van der Waals surface area (Å²) in [5.74, 6) is -0.0593. The topological polar surface area (TPSA) is 117 Å². The smallest absolute Gasteiger partial charge is 0.379 e. The Bertz CT molecular complexity index is 1050. The molecule has 0 saturated heterocycles. The van der Waals surface area contributed by atoms with Crippen LogP contribution >= 0.6 is 0 Å². The van der Waals surface area contributed by atoms with E-state index < -0.39 is 18.0 Å². The highest BCUT2D eigenvalue weighted by atomic mass is 16.7. The van der Waals surface area contributed by atoms with Gasteiger partial charge >= 0.3 is 5.97 Å². The van der Waals surface area contributed by atoms with E-state index in [1.807, 2.05) is 0 Å². The van der Waals surface area contributed by atoms with Gasteiger partial charge in [-0.05, 0) is 32.0 Å². The zero-order valence-corrected chi connectivity index (χ0v) is 14.5. The Hall–Kier alpha value is -3.69. The van der Waals surface area contributed by atoms with Crippen LogP contribution in [0.5, 0.6) is 11.5 Å². The van der Waals surface area contributed by atoms with Crippen molar-refractivity contribution in [2.24, 2.45) is 0 Å². The molecule has 0 spiro atoms. The lowest BCUT2D eigenvalue weighted by Gasteiger charge is -2.12. The van der Waals surface area contributed by atoms with Gasteiger partial charge in [-0.15, -0.1) is 5.10 Å². The van der Waals surface area contributed by atoms with Crippen LogP contribution in [0.15, 0.2) is 30.5 Å². The summed E-state index contributed by atoms with van der Waals surface area (Å²) in [6.45, 7) is 3.40. The lowest BCUT2D eigenvalue weighted by Crippen LogP contribution is -2.30. The second kappa shape index (κ2) is 6.56. The first-order valence-corrected chi connectivity index (χ1v) is 8.11. The van der Waals surface area contributed by atoms with Crippen LogP contribution in [-0.2, 0) is 9.53 Å². The van der Waals surface area contributed by atoms with Crippen molar-refractivity contribution in [2.45, 2.75) is 20.0 Å². The van der Waals surface area contributed by atoms with Crippen LogP contribution in [0.25, 0.3) is 5.78 Å². The molecule has 0 unspecified atom stereocenters. The third-order valence-corrected chi connectivity index (χ3v) is 3.91. The zero-order valence-electron chi connectivity index (χ0n) is 14.5. The van der Waals surface area contributed by atoms with Gasteiger partial charge in [-0.3, -0.25) is 4.79 Å². The van der Waals surface area contributed by atoms with Gasteiger partial charge in [-0.1, -0.05) is 0 Å². The molecular formula is C17H15N5O5. The zero-order chi connectivity index (χ0) is 19.0. The summed E-state index contributed by atoms with van der Waals surface area (Å²) in [5, 5.41) is 6.71. The van der Waals surface area contributed by atoms with Gasteiger partial charge in [-0.2, -0.15) is 4.98 Å². The number of hydrogen-bond acceptors (Lipinski definition) is 8. The first-order valence-electron chi connectivity index (χ1n) is 8.11. The number of ether oxygens (including phenoxy) is 3. The number of rotatable bonds is 4. The van der Waals surface area contributed by atoms with Crippen LogP contribution in [-0.4, -0.2) is 44.4 Å². The molecule has 10 nitrogen and oxygen atoms in total. The number of aryl methyl sites for hydroxylation is 1. The Morgan fingerprint density at radius 3 is 2.89 bits per heavy atom. The van der Waals surface area contributed by atoms with Crippen molar-refractivity contribution in [3.8, 4) is 11.5 Å². The number of nitrogens with one attached hydrogen (secondary N) is 1. The number of fused-ring (bicyclic) bond motifs is 2. The van der Waals surface area contributed by atoms with Gasteiger partial charge in [0.1, 0.15) is 0 Å². The van der Waals surface area contributed by atoms with E-state index in [4.69, 9.17) is 14.2 Å². The van der Waals surface area contributed by atoms with Crippen molar-refractivity contribution in [3.05, 3.63) is 42.0 Å². The fourth-order valence-electron chi connectivity index (χ4n) is 2.48. The summed E-state index contributed by atoms with van der Waals surface area (Å²) in [7, 11) is 0. The molecule has 138 valence electrons.